The number of para-hydroxylation sites is 1. The number of carbonyl (C=O) groups is 2. The van der Waals surface area contributed by atoms with E-state index in [0.717, 1.165) is 11.3 Å². The first kappa shape index (κ1) is 14.9. The predicted octanol–water partition coefficient (Wildman–Crippen LogP) is 0.689. The van der Waals surface area contributed by atoms with E-state index in [0.29, 0.717) is 13.0 Å². The van der Waals surface area contributed by atoms with Crippen LogP contribution < -0.4 is 15.5 Å². The lowest BCUT2D eigenvalue weighted by Gasteiger charge is -2.18. The second kappa shape index (κ2) is 5.64. The summed E-state index contributed by atoms with van der Waals surface area (Å²) in [4.78, 5) is 25.4. The first-order valence-electron chi connectivity index (χ1n) is 7.23. The molecule has 3 rings (SSSR count). The second-order valence-electron chi connectivity index (χ2n) is 5.64. The average molecular weight is 309 g/mol. The molecule has 2 aliphatic heterocycles. The van der Waals surface area contributed by atoms with Gasteiger partial charge in [-0.2, -0.15) is 0 Å². The minimum Gasteiger partial charge on any atom is -0.353 e. The molecule has 1 aromatic rings. The Morgan fingerprint density at radius 2 is 2.18 bits per heavy atom. The van der Waals surface area contributed by atoms with Gasteiger partial charge < -0.3 is 10.2 Å². The van der Waals surface area contributed by atoms with E-state index in [2.05, 4.69) is 10.6 Å². The Bertz CT molecular complexity index is 606. The number of nitrogens with zero attached hydrogens (tertiary/aromatic N) is 1. The average Bonchev–Trinajstić information content (AvgIpc) is 2.99. The van der Waals surface area contributed by atoms with E-state index in [1.165, 1.54) is 0 Å². The first-order valence-corrected chi connectivity index (χ1v) is 7.23. The Balaban J connectivity index is 1.52. The normalized spacial score (nSPS) is 22.7. The SMILES string of the molecule is O=C(NCCN1C(=O)Cc2ccccc21)C1CC(F)(F)CN1. The largest absolute Gasteiger partial charge is 0.353 e. The molecule has 0 bridgehead atoms. The number of halogens is 2. The third-order valence-corrected chi connectivity index (χ3v) is 3.99. The zero-order valence-corrected chi connectivity index (χ0v) is 11.9. The van der Waals surface area contributed by atoms with Crippen molar-refractivity contribution in [1.29, 1.82) is 0 Å². The molecule has 1 fully saturated rings. The zero-order chi connectivity index (χ0) is 15.7. The van der Waals surface area contributed by atoms with Crippen LogP contribution in [0.4, 0.5) is 14.5 Å². The summed E-state index contributed by atoms with van der Waals surface area (Å²) >= 11 is 0. The Morgan fingerprint density at radius 1 is 1.41 bits per heavy atom. The second-order valence-corrected chi connectivity index (χ2v) is 5.64. The number of anilines is 1. The number of hydrogen-bond donors (Lipinski definition) is 2. The van der Waals surface area contributed by atoms with E-state index >= 15 is 0 Å². The van der Waals surface area contributed by atoms with Crippen molar-refractivity contribution in [1.82, 2.24) is 10.6 Å². The number of carbonyl (C=O) groups excluding carboxylic acids is 2. The molecular weight excluding hydrogens is 292 g/mol. The van der Waals surface area contributed by atoms with Crippen molar-refractivity contribution in [2.24, 2.45) is 0 Å². The van der Waals surface area contributed by atoms with Crippen LogP contribution in [0.25, 0.3) is 0 Å². The van der Waals surface area contributed by atoms with Crippen LogP contribution in [0.3, 0.4) is 0 Å². The molecule has 0 radical (unpaired) electrons. The molecule has 118 valence electrons. The number of rotatable bonds is 4. The van der Waals surface area contributed by atoms with Crippen LogP contribution in [-0.2, 0) is 16.0 Å². The molecular formula is C15H17F2N3O2. The molecule has 1 atom stereocenters. The highest BCUT2D eigenvalue weighted by molar-refractivity contribution is 6.01. The van der Waals surface area contributed by atoms with Crippen LogP contribution in [0.1, 0.15) is 12.0 Å². The predicted molar refractivity (Wildman–Crippen MR) is 76.9 cm³/mol. The molecule has 0 saturated carbocycles. The van der Waals surface area contributed by atoms with Gasteiger partial charge in [0.15, 0.2) is 0 Å². The molecule has 0 aliphatic carbocycles. The highest BCUT2D eigenvalue weighted by Gasteiger charge is 2.42. The molecule has 0 spiro atoms. The lowest BCUT2D eigenvalue weighted by atomic mass is 10.2. The smallest absolute Gasteiger partial charge is 0.262 e. The minimum absolute atomic E-state index is 0.0130. The number of alkyl halides is 2. The van der Waals surface area contributed by atoms with Gasteiger partial charge in [0.1, 0.15) is 0 Å². The lowest BCUT2D eigenvalue weighted by molar-refractivity contribution is -0.123. The molecule has 2 N–H and O–H groups in total. The minimum atomic E-state index is -2.83. The van der Waals surface area contributed by atoms with Gasteiger partial charge in [-0.05, 0) is 11.6 Å². The summed E-state index contributed by atoms with van der Waals surface area (Å²) in [6.07, 6.45) is -0.120. The molecule has 1 saturated heterocycles. The molecule has 2 amide bonds. The highest BCUT2D eigenvalue weighted by Crippen LogP contribution is 2.28. The van der Waals surface area contributed by atoms with Crippen molar-refractivity contribution in [3.05, 3.63) is 29.8 Å². The van der Waals surface area contributed by atoms with Gasteiger partial charge in [0.2, 0.25) is 11.8 Å². The Morgan fingerprint density at radius 3 is 2.91 bits per heavy atom. The summed E-state index contributed by atoms with van der Waals surface area (Å²) in [5.41, 5.74) is 1.82. The molecule has 0 aromatic heterocycles. The van der Waals surface area contributed by atoms with Gasteiger partial charge >= 0.3 is 0 Å². The van der Waals surface area contributed by atoms with E-state index in [1.54, 1.807) is 4.90 Å². The van der Waals surface area contributed by atoms with E-state index in [9.17, 15) is 18.4 Å². The van der Waals surface area contributed by atoms with Gasteiger partial charge in [0.05, 0.1) is 19.0 Å². The van der Waals surface area contributed by atoms with Crippen molar-refractivity contribution in [3.63, 3.8) is 0 Å². The van der Waals surface area contributed by atoms with Gasteiger partial charge in [-0.25, -0.2) is 8.78 Å². The first-order chi connectivity index (χ1) is 10.5. The van der Waals surface area contributed by atoms with Crippen molar-refractivity contribution in [2.75, 3.05) is 24.5 Å². The van der Waals surface area contributed by atoms with E-state index < -0.39 is 30.8 Å². The van der Waals surface area contributed by atoms with Crippen molar-refractivity contribution >= 4 is 17.5 Å². The fourth-order valence-electron chi connectivity index (χ4n) is 2.88. The van der Waals surface area contributed by atoms with Gasteiger partial charge in [0, 0.05) is 25.2 Å². The third kappa shape index (κ3) is 2.94. The summed E-state index contributed by atoms with van der Waals surface area (Å²) in [6.45, 7) is 0.108. The van der Waals surface area contributed by atoms with Crippen LogP contribution in [0, 0.1) is 0 Å². The van der Waals surface area contributed by atoms with Gasteiger partial charge in [-0.15, -0.1) is 0 Å². The standard InChI is InChI=1S/C15H17F2N3O2/c16-15(17)8-11(19-9-15)14(22)18-5-6-20-12-4-2-1-3-10(12)7-13(20)21/h1-4,11,19H,5-9H2,(H,18,22). The highest BCUT2D eigenvalue weighted by atomic mass is 19.3. The number of fused-ring (bicyclic) bond motifs is 1. The molecule has 2 aliphatic rings. The molecule has 5 nitrogen and oxygen atoms in total. The van der Waals surface area contributed by atoms with Gasteiger partial charge in [-0.3, -0.25) is 14.9 Å². The van der Waals surface area contributed by atoms with Gasteiger partial charge in [-0.1, -0.05) is 18.2 Å². The maximum atomic E-state index is 13.0. The number of nitrogens with one attached hydrogen (secondary N) is 2. The molecule has 22 heavy (non-hydrogen) atoms. The van der Waals surface area contributed by atoms with E-state index in [1.807, 2.05) is 24.3 Å². The third-order valence-electron chi connectivity index (χ3n) is 3.99. The van der Waals surface area contributed by atoms with E-state index in [4.69, 9.17) is 0 Å². The topological polar surface area (TPSA) is 61.4 Å². The van der Waals surface area contributed by atoms with Crippen LogP contribution in [0.5, 0.6) is 0 Å². The number of hydrogen-bond acceptors (Lipinski definition) is 3. The fourth-order valence-corrected chi connectivity index (χ4v) is 2.88. The maximum Gasteiger partial charge on any atom is 0.262 e. The summed E-state index contributed by atoms with van der Waals surface area (Å²) < 4.78 is 26.1. The molecule has 7 heteroatoms. The number of amides is 2. The van der Waals surface area contributed by atoms with Crippen molar-refractivity contribution in [3.8, 4) is 0 Å². The lowest BCUT2D eigenvalue weighted by Crippen LogP contribution is -2.44. The fraction of sp³-hybridized carbons (Fsp3) is 0.467. The summed E-state index contributed by atoms with van der Waals surface area (Å²) in [5, 5.41) is 5.12. The van der Waals surface area contributed by atoms with Crippen LogP contribution >= 0.6 is 0 Å². The van der Waals surface area contributed by atoms with Crippen LogP contribution in [-0.4, -0.2) is 43.4 Å². The molecule has 2 heterocycles. The maximum absolute atomic E-state index is 13.0. The monoisotopic (exact) mass is 309 g/mol. The Hall–Kier alpha value is -2.02. The quantitative estimate of drug-likeness (QED) is 0.860. The summed E-state index contributed by atoms with van der Waals surface area (Å²) in [6, 6.07) is 6.63. The van der Waals surface area contributed by atoms with E-state index in [-0.39, 0.29) is 12.5 Å². The Kier molecular flexibility index (Phi) is 3.82. The molecule has 1 unspecified atom stereocenters. The van der Waals surface area contributed by atoms with Crippen LogP contribution in [0.2, 0.25) is 0 Å². The van der Waals surface area contributed by atoms with Crippen molar-refractivity contribution < 1.29 is 18.4 Å². The van der Waals surface area contributed by atoms with Gasteiger partial charge in [0.25, 0.3) is 5.92 Å². The molecule has 1 aromatic carbocycles. The number of benzene rings is 1. The summed E-state index contributed by atoms with van der Waals surface area (Å²) in [7, 11) is 0. The zero-order valence-electron chi connectivity index (χ0n) is 11.9. The Labute approximate surface area is 126 Å². The van der Waals surface area contributed by atoms with Crippen LogP contribution in [0.15, 0.2) is 24.3 Å². The van der Waals surface area contributed by atoms with Crippen molar-refractivity contribution in [2.45, 2.75) is 24.8 Å². The summed E-state index contributed by atoms with van der Waals surface area (Å²) in [5.74, 6) is -3.29.